The number of para-hydroxylation sites is 1. The molecule has 1 fully saturated rings. The topological polar surface area (TPSA) is 80.3 Å². The number of carbonyl (C=O) groups excluding carboxylic acids is 2. The molecule has 0 aliphatic carbocycles. The second-order valence-corrected chi connectivity index (χ2v) is 8.75. The first-order chi connectivity index (χ1) is 16.5. The summed E-state index contributed by atoms with van der Waals surface area (Å²) in [6, 6.07) is 15.0. The van der Waals surface area contributed by atoms with Crippen molar-refractivity contribution in [3.8, 4) is 0 Å². The van der Waals surface area contributed by atoms with Gasteiger partial charge in [-0.25, -0.2) is 9.79 Å². The molecule has 0 bridgehead atoms. The normalized spacial score (nSPS) is 18.7. The fourth-order valence-electron chi connectivity index (χ4n) is 4.50. The molecule has 0 saturated carbocycles. The molecule has 2 aliphatic heterocycles. The third kappa shape index (κ3) is 5.22. The predicted molar refractivity (Wildman–Crippen MR) is 136 cm³/mol. The number of rotatable bonds is 5. The van der Waals surface area contributed by atoms with Gasteiger partial charge in [0.05, 0.1) is 5.69 Å². The first-order valence-electron chi connectivity index (χ1n) is 12.1. The Labute approximate surface area is 201 Å². The smallest absolute Gasteiger partial charge is 0.321 e. The Balaban J connectivity index is 1.65. The van der Waals surface area contributed by atoms with Gasteiger partial charge < -0.3 is 25.3 Å². The van der Waals surface area contributed by atoms with E-state index in [0.29, 0.717) is 12.2 Å². The molecule has 2 N–H and O–H groups in total. The maximum absolute atomic E-state index is 13.6. The van der Waals surface area contributed by atoms with Crippen LogP contribution in [0.5, 0.6) is 0 Å². The Morgan fingerprint density at radius 2 is 1.82 bits per heavy atom. The van der Waals surface area contributed by atoms with Crippen LogP contribution < -0.4 is 15.5 Å². The van der Waals surface area contributed by atoms with Crippen molar-refractivity contribution >= 4 is 29.1 Å². The van der Waals surface area contributed by atoms with Gasteiger partial charge in [-0.05, 0) is 49.7 Å². The minimum Gasteiger partial charge on any atom is -0.354 e. The first-order valence-corrected chi connectivity index (χ1v) is 12.1. The minimum atomic E-state index is -1.01. The highest BCUT2D eigenvalue weighted by Crippen LogP contribution is 2.27. The molecule has 34 heavy (non-hydrogen) atoms. The second-order valence-electron chi connectivity index (χ2n) is 8.75. The van der Waals surface area contributed by atoms with Crippen LogP contribution in [0.1, 0.15) is 31.4 Å². The number of hydrogen-bond donors (Lipinski definition) is 2. The molecule has 8 nitrogen and oxygen atoms in total. The van der Waals surface area contributed by atoms with Crippen molar-refractivity contribution in [1.29, 1.82) is 0 Å². The highest BCUT2D eigenvalue weighted by molar-refractivity contribution is 6.12. The average molecular weight is 463 g/mol. The number of piperazine rings is 1. The number of carbonyl (C=O) groups is 2. The molecule has 8 heteroatoms. The number of hydrogen-bond acceptors (Lipinski definition) is 5. The summed E-state index contributed by atoms with van der Waals surface area (Å²) in [5.74, 6) is 0.537. The molecule has 2 aromatic carbocycles. The Kier molecular flexibility index (Phi) is 7.47. The van der Waals surface area contributed by atoms with Crippen LogP contribution in [0.25, 0.3) is 0 Å². The van der Waals surface area contributed by atoms with Crippen LogP contribution in [-0.2, 0) is 4.79 Å². The Morgan fingerprint density at radius 3 is 2.53 bits per heavy atom. The molecule has 2 aromatic rings. The summed E-state index contributed by atoms with van der Waals surface area (Å²) >= 11 is 0. The van der Waals surface area contributed by atoms with Gasteiger partial charge in [-0.2, -0.15) is 0 Å². The number of amides is 3. The predicted octanol–water partition coefficient (Wildman–Crippen LogP) is 3.28. The summed E-state index contributed by atoms with van der Waals surface area (Å²) in [6.45, 7) is 11.3. The van der Waals surface area contributed by atoms with Gasteiger partial charge in [0.1, 0.15) is 5.84 Å². The Bertz CT molecular complexity index is 1060. The quantitative estimate of drug-likeness (QED) is 0.715. The number of likely N-dealkylation sites (N-methyl/N-ethyl adjacent to an activating group) is 1. The number of aryl methyl sites for hydroxylation is 1. The maximum atomic E-state index is 13.6. The number of nitrogens with one attached hydrogen (secondary N) is 2. The van der Waals surface area contributed by atoms with Gasteiger partial charge in [-0.3, -0.25) is 4.79 Å². The molecular weight excluding hydrogens is 428 g/mol. The number of fused-ring (bicyclic) bond motifs is 1. The van der Waals surface area contributed by atoms with E-state index in [0.717, 1.165) is 61.8 Å². The van der Waals surface area contributed by atoms with Crippen LogP contribution in [0, 0.1) is 6.92 Å². The molecular formula is C26H34N6O2. The summed E-state index contributed by atoms with van der Waals surface area (Å²) in [4.78, 5) is 37.7. The number of benzodiazepines with no additional fused rings is 1. The SMILES string of the molecule is CCCN1C(=O)[C@H](NC(=O)Nc2cccc(C)c2)N=C(N2CCN(CC)CC2)c2ccccc21. The molecule has 2 heterocycles. The molecule has 0 unspecified atom stereocenters. The zero-order valence-corrected chi connectivity index (χ0v) is 20.3. The first kappa shape index (κ1) is 23.8. The monoisotopic (exact) mass is 462 g/mol. The molecule has 1 saturated heterocycles. The fraction of sp³-hybridized carbons (Fsp3) is 0.423. The van der Waals surface area contributed by atoms with E-state index in [4.69, 9.17) is 4.99 Å². The Morgan fingerprint density at radius 1 is 1.06 bits per heavy atom. The number of nitrogens with zero attached hydrogens (tertiary/aromatic N) is 4. The number of anilines is 2. The van der Waals surface area contributed by atoms with E-state index in [1.54, 1.807) is 4.90 Å². The minimum absolute atomic E-state index is 0.226. The van der Waals surface area contributed by atoms with Crippen LogP contribution in [-0.4, -0.2) is 73.0 Å². The highest BCUT2D eigenvalue weighted by Gasteiger charge is 2.34. The summed E-state index contributed by atoms with van der Waals surface area (Å²) < 4.78 is 0. The second kappa shape index (κ2) is 10.7. The van der Waals surface area contributed by atoms with Crippen LogP contribution >= 0.6 is 0 Å². The average Bonchev–Trinajstić information content (AvgIpc) is 2.95. The van der Waals surface area contributed by atoms with E-state index in [9.17, 15) is 9.59 Å². The van der Waals surface area contributed by atoms with E-state index in [2.05, 4.69) is 27.4 Å². The van der Waals surface area contributed by atoms with Gasteiger partial charge in [0.15, 0.2) is 0 Å². The van der Waals surface area contributed by atoms with Gasteiger partial charge in [0.25, 0.3) is 5.91 Å². The molecule has 4 rings (SSSR count). The van der Waals surface area contributed by atoms with Crippen molar-refractivity contribution in [2.45, 2.75) is 33.4 Å². The van der Waals surface area contributed by atoms with Crippen molar-refractivity contribution in [3.63, 3.8) is 0 Å². The summed E-state index contributed by atoms with van der Waals surface area (Å²) in [7, 11) is 0. The van der Waals surface area contributed by atoms with Crippen molar-refractivity contribution in [2.24, 2.45) is 4.99 Å². The van der Waals surface area contributed by atoms with E-state index in [1.165, 1.54) is 0 Å². The van der Waals surface area contributed by atoms with Crippen molar-refractivity contribution < 1.29 is 9.59 Å². The van der Waals surface area contributed by atoms with Crippen molar-refractivity contribution in [2.75, 3.05) is 49.5 Å². The van der Waals surface area contributed by atoms with Gasteiger partial charge >= 0.3 is 6.03 Å². The lowest BCUT2D eigenvalue weighted by Crippen LogP contribution is -2.50. The highest BCUT2D eigenvalue weighted by atomic mass is 16.2. The number of benzene rings is 2. The van der Waals surface area contributed by atoms with E-state index >= 15 is 0 Å². The van der Waals surface area contributed by atoms with Gasteiger partial charge in [-0.1, -0.05) is 38.1 Å². The van der Waals surface area contributed by atoms with Gasteiger partial charge in [-0.15, -0.1) is 0 Å². The third-order valence-electron chi connectivity index (χ3n) is 6.30. The maximum Gasteiger partial charge on any atom is 0.321 e. The van der Waals surface area contributed by atoms with E-state index < -0.39 is 12.2 Å². The van der Waals surface area contributed by atoms with Crippen LogP contribution in [0.3, 0.4) is 0 Å². The molecule has 2 aliphatic rings. The summed E-state index contributed by atoms with van der Waals surface area (Å²) in [5.41, 5.74) is 3.48. The molecule has 1 atom stereocenters. The molecule has 0 spiro atoms. The zero-order valence-electron chi connectivity index (χ0n) is 20.3. The fourth-order valence-corrected chi connectivity index (χ4v) is 4.50. The number of urea groups is 1. The number of amidine groups is 1. The lowest BCUT2D eigenvalue weighted by molar-refractivity contribution is -0.120. The largest absolute Gasteiger partial charge is 0.354 e. The van der Waals surface area contributed by atoms with E-state index in [-0.39, 0.29) is 5.91 Å². The van der Waals surface area contributed by atoms with Crippen LogP contribution in [0.4, 0.5) is 16.2 Å². The van der Waals surface area contributed by atoms with Crippen molar-refractivity contribution in [3.05, 3.63) is 59.7 Å². The lowest BCUT2D eigenvalue weighted by Gasteiger charge is -2.36. The molecule has 0 aromatic heterocycles. The molecule has 3 amide bonds. The molecule has 0 radical (unpaired) electrons. The standard InChI is InChI=1S/C26H34N6O2/c1-4-13-32-22-12-7-6-11-21(22)24(31-16-14-30(5-2)15-17-31)28-23(25(32)33)29-26(34)27-20-10-8-9-19(3)18-20/h6-12,18,23H,4-5,13-17H2,1-3H3,(H2,27,29,34)/t23-/m0/s1. The van der Waals surface area contributed by atoms with Gasteiger partial charge in [0.2, 0.25) is 6.17 Å². The number of aliphatic imine (C=N–C) groups is 1. The summed E-state index contributed by atoms with van der Waals surface area (Å²) in [6.07, 6.45) is -0.213. The Hall–Kier alpha value is -3.39. The van der Waals surface area contributed by atoms with Crippen LogP contribution in [0.15, 0.2) is 53.5 Å². The lowest BCUT2D eigenvalue weighted by atomic mass is 10.1. The summed E-state index contributed by atoms with van der Waals surface area (Å²) in [5, 5.41) is 5.66. The molecule has 180 valence electrons. The van der Waals surface area contributed by atoms with Crippen molar-refractivity contribution in [1.82, 2.24) is 15.1 Å². The van der Waals surface area contributed by atoms with Gasteiger partial charge in [0, 0.05) is 44.0 Å². The third-order valence-corrected chi connectivity index (χ3v) is 6.30. The van der Waals surface area contributed by atoms with Crippen LogP contribution in [0.2, 0.25) is 0 Å². The van der Waals surface area contributed by atoms with E-state index in [1.807, 2.05) is 62.4 Å². The zero-order chi connectivity index (χ0) is 24.1.